The van der Waals surface area contributed by atoms with Crippen molar-refractivity contribution in [2.45, 2.75) is 61.8 Å². The zero-order chi connectivity index (χ0) is 23.3. The molecule has 1 saturated carbocycles. The number of rotatable bonds is 6. The molecule has 7 nitrogen and oxygen atoms in total. The Balaban J connectivity index is 1.57. The summed E-state index contributed by atoms with van der Waals surface area (Å²) in [4.78, 5) is 0. The number of methoxy groups -OCH3 is 1. The second-order valence-electron chi connectivity index (χ2n) is 9.13. The van der Waals surface area contributed by atoms with Crippen molar-refractivity contribution in [2.24, 2.45) is 0 Å². The summed E-state index contributed by atoms with van der Waals surface area (Å²) < 4.78 is 17.5. The first kappa shape index (κ1) is 23.1. The quantitative estimate of drug-likeness (QED) is 0.505. The largest absolute Gasteiger partial charge is 0.491 e. The summed E-state index contributed by atoms with van der Waals surface area (Å²) in [7, 11) is 1.36. The van der Waals surface area contributed by atoms with Crippen molar-refractivity contribution in [3.8, 4) is 5.75 Å². The van der Waals surface area contributed by atoms with E-state index in [2.05, 4.69) is 24.3 Å². The lowest BCUT2D eigenvalue weighted by Crippen LogP contribution is -2.64. The van der Waals surface area contributed by atoms with E-state index in [0.29, 0.717) is 47.3 Å². The highest BCUT2D eigenvalue weighted by Crippen LogP contribution is 2.48. The van der Waals surface area contributed by atoms with Gasteiger partial charge in [-0.25, -0.2) is 0 Å². The molecule has 2 heterocycles. The molecule has 2 aromatic rings. The highest BCUT2D eigenvalue weighted by Gasteiger charge is 2.56. The standard InChI is InChI=1S/C25H29ClO7/c1-31-25(24(30)22(29)21(28)19(12-27)33-25)18-11-16(20(26)23-17(18)8-9-32-23)10-13-2-4-14(5-3-13)15-6-7-15/h2-5,11,15,19,21-22,24,27-30H,6-10,12H2,1H3/t19-,21-,22+,24-,25?/m1/s1. The predicted octanol–water partition coefficient (Wildman–Crippen LogP) is 2.02. The van der Waals surface area contributed by atoms with Crippen molar-refractivity contribution in [1.82, 2.24) is 0 Å². The second-order valence-corrected chi connectivity index (χ2v) is 9.51. The van der Waals surface area contributed by atoms with Crippen LogP contribution in [0.3, 0.4) is 0 Å². The van der Waals surface area contributed by atoms with Crippen LogP contribution in [0.4, 0.5) is 0 Å². The minimum absolute atomic E-state index is 0.409. The lowest BCUT2D eigenvalue weighted by molar-refractivity contribution is -0.366. The maximum atomic E-state index is 11.0. The number of benzene rings is 2. The fourth-order valence-corrected chi connectivity index (χ4v) is 5.30. The molecule has 1 saturated heterocycles. The van der Waals surface area contributed by atoms with Crippen LogP contribution in [-0.4, -0.2) is 65.2 Å². The first-order valence-corrected chi connectivity index (χ1v) is 11.7. The Morgan fingerprint density at radius 3 is 2.48 bits per heavy atom. The Bertz CT molecular complexity index is 1020. The number of ether oxygens (including phenoxy) is 3. The first-order valence-electron chi connectivity index (χ1n) is 11.3. The van der Waals surface area contributed by atoms with Gasteiger partial charge >= 0.3 is 0 Å². The van der Waals surface area contributed by atoms with Gasteiger partial charge in [0.2, 0.25) is 5.79 Å². The number of hydrogen-bond donors (Lipinski definition) is 4. The molecule has 5 atom stereocenters. The van der Waals surface area contributed by atoms with E-state index in [9.17, 15) is 20.4 Å². The molecule has 8 heteroatoms. The lowest BCUT2D eigenvalue weighted by Gasteiger charge is -2.48. The zero-order valence-electron chi connectivity index (χ0n) is 18.4. The van der Waals surface area contributed by atoms with Crippen molar-refractivity contribution >= 4 is 11.6 Å². The lowest BCUT2D eigenvalue weighted by atomic mass is 9.84. The first-order chi connectivity index (χ1) is 15.9. The topological polar surface area (TPSA) is 109 Å². The van der Waals surface area contributed by atoms with Crippen LogP contribution in [0.2, 0.25) is 5.02 Å². The summed E-state index contributed by atoms with van der Waals surface area (Å²) in [5, 5.41) is 42.0. The van der Waals surface area contributed by atoms with E-state index < -0.39 is 36.8 Å². The molecule has 3 aliphatic rings. The number of aliphatic hydroxyl groups is 4. The van der Waals surface area contributed by atoms with Crippen LogP contribution in [0.15, 0.2) is 30.3 Å². The summed E-state index contributed by atoms with van der Waals surface area (Å²) in [6, 6.07) is 10.3. The molecule has 178 valence electrons. The van der Waals surface area contributed by atoms with Gasteiger partial charge in [0.05, 0.1) is 18.2 Å². The molecule has 1 aliphatic carbocycles. The van der Waals surface area contributed by atoms with E-state index in [-0.39, 0.29) is 0 Å². The van der Waals surface area contributed by atoms with Crippen molar-refractivity contribution in [1.29, 1.82) is 0 Å². The maximum absolute atomic E-state index is 11.0. The number of fused-ring (bicyclic) bond motifs is 1. The molecular weight excluding hydrogens is 448 g/mol. The van der Waals surface area contributed by atoms with Crippen LogP contribution in [0.1, 0.15) is 46.6 Å². The van der Waals surface area contributed by atoms with Crippen molar-refractivity contribution in [3.63, 3.8) is 0 Å². The molecule has 0 spiro atoms. The van der Waals surface area contributed by atoms with Crippen LogP contribution in [0.5, 0.6) is 5.75 Å². The van der Waals surface area contributed by atoms with E-state index in [0.717, 1.165) is 11.1 Å². The minimum atomic E-state index is -1.81. The SMILES string of the molecule is COC1(c2cc(Cc3ccc(C4CC4)cc3)c(Cl)c3c2CCO3)O[C@H](CO)[C@@H](O)[C@H](O)[C@H]1O. The maximum Gasteiger partial charge on any atom is 0.225 e. The van der Waals surface area contributed by atoms with E-state index in [1.165, 1.54) is 25.5 Å². The van der Waals surface area contributed by atoms with Gasteiger partial charge in [-0.05, 0) is 47.9 Å². The van der Waals surface area contributed by atoms with Crippen LogP contribution in [-0.2, 0) is 28.1 Å². The summed E-state index contributed by atoms with van der Waals surface area (Å²) in [5.41, 5.74) is 4.38. The molecule has 1 unspecified atom stereocenters. The van der Waals surface area contributed by atoms with Crippen molar-refractivity contribution < 1.29 is 34.6 Å². The van der Waals surface area contributed by atoms with Crippen LogP contribution in [0.25, 0.3) is 0 Å². The number of hydrogen-bond acceptors (Lipinski definition) is 7. The molecule has 0 amide bonds. The van der Waals surface area contributed by atoms with E-state index in [1.807, 2.05) is 6.07 Å². The Kier molecular flexibility index (Phi) is 6.16. The molecule has 2 fully saturated rings. The third-order valence-corrected chi connectivity index (χ3v) is 7.46. The molecule has 33 heavy (non-hydrogen) atoms. The molecule has 0 radical (unpaired) electrons. The van der Waals surface area contributed by atoms with Gasteiger partial charge in [-0.3, -0.25) is 0 Å². The monoisotopic (exact) mass is 476 g/mol. The Morgan fingerprint density at radius 2 is 1.85 bits per heavy atom. The molecule has 2 aliphatic heterocycles. The third-order valence-electron chi connectivity index (χ3n) is 7.05. The average Bonchev–Trinajstić information content (AvgIpc) is 3.56. The fourth-order valence-electron chi connectivity index (χ4n) is 5.01. The molecule has 0 aromatic heterocycles. The van der Waals surface area contributed by atoms with Gasteiger partial charge in [-0.1, -0.05) is 35.9 Å². The second kappa shape index (κ2) is 8.82. The summed E-state index contributed by atoms with van der Waals surface area (Å²) in [6.45, 7) is -0.144. The minimum Gasteiger partial charge on any atom is -0.491 e. The predicted molar refractivity (Wildman–Crippen MR) is 121 cm³/mol. The zero-order valence-corrected chi connectivity index (χ0v) is 19.2. The fraction of sp³-hybridized carbons (Fsp3) is 0.520. The molecule has 4 N–H and O–H groups in total. The van der Waals surface area contributed by atoms with E-state index in [1.54, 1.807) is 0 Å². The molecule has 2 aromatic carbocycles. The molecule has 5 rings (SSSR count). The van der Waals surface area contributed by atoms with Gasteiger partial charge in [-0.15, -0.1) is 0 Å². The van der Waals surface area contributed by atoms with Crippen molar-refractivity contribution in [2.75, 3.05) is 20.3 Å². The van der Waals surface area contributed by atoms with E-state index in [4.69, 9.17) is 25.8 Å². The van der Waals surface area contributed by atoms with Gasteiger partial charge in [-0.2, -0.15) is 0 Å². The highest BCUT2D eigenvalue weighted by atomic mass is 35.5. The van der Waals surface area contributed by atoms with E-state index >= 15 is 0 Å². The van der Waals surface area contributed by atoms with Crippen LogP contribution < -0.4 is 4.74 Å². The van der Waals surface area contributed by atoms with Gasteiger partial charge in [0.15, 0.2) is 0 Å². The Hall–Kier alpha value is -1.71. The molecule has 0 bridgehead atoms. The van der Waals surface area contributed by atoms with Crippen LogP contribution in [0, 0.1) is 0 Å². The van der Waals surface area contributed by atoms with Crippen LogP contribution >= 0.6 is 11.6 Å². The highest BCUT2D eigenvalue weighted by molar-refractivity contribution is 6.33. The normalized spacial score (nSPS) is 31.3. The Morgan fingerprint density at radius 1 is 1.12 bits per heavy atom. The Labute approximate surface area is 197 Å². The van der Waals surface area contributed by atoms with Gasteiger partial charge in [0.25, 0.3) is 0 Å². The average molecular weight is 477 g/mol. The van der Waals surface area contributed by atoms with Gasteiger partial charge < -0.3 is 34.6 Å². The smallest absolute Gasteiger partial charge is 0.225 e. The number of aliphatic hydroxyl groups excluding tert-OH is 4. The summed E-state index contributed by atoms with van der Waals surface area (Å²) in [5.74, 6) is -0.624. The van der Waals surface area contributed by atoms with Gasteiger partial charge in [0.1, 0.15) is 30.2 Å². The molecular formula is C25H29ClO7. The number of halogens is 1. The van der Waals surface area contributed by atoms with Crippen molar-refractivity contribution in [3.05, 3.63) is 63.2 Å². The summed E-state index contributed by atoms with van der Waals surface area (Å²) in [6.07, 6.45) is -2.26. The summed E-state index contributed by atoms with van der Waals surface area (Å²) >= 11 is 6.74. The third kappa shape index (κ3) is 3.86. The van der Waals surface area contributed by atoms with Gasteiger partial charge in [0, 0.05) is 24.7 Å².